The van der Waals surface area contributed by atoms with Crippen LogP contribution in [0.3, 0.4) is 0 Å². The first-order valence-corrected chi connectivity index (χ1v) is 8.13. The number of hydrogen-bond acceptors (Lipinski definition) is 2. The summed E-state index contributed by atoms with van der Waals surface area (Å²) in [7, 11) is 0. The van der Waals surface area contributed by atoms with E-state index in [2.05, 4.69) is 5.32 Å². The topological polar surface area (TPSA) is 52.6 Å². The van der Waals surface area contributed by atoms with Gasteiger partial charge in [0, 0.05) is 19.0 Å². The van der Waals surface area contributed by atoms with Gasteiger partial charge in [0.05, 0.1) is 16.8 Å². The maximum Gasteiger partial charge on any atom is 0.321 e. The van der Waals surface area contributed by atoms with Gasteiger partial charge in [0.1, 0.15) is 5.82 Å². The highest BCUT2D eigenvalue weighted by atomic mass is 35.5. The van der Waals surface area contributed by atoms with Crippen LogP contribution in [0.1, 0.15) is 5.56 Å². The molecular formula is C18H18ClFN2O2. The average Bonchev–Trinajstić information content (AvgIpc) is 2.92. The number of nitrogens with one attached hydrogen (secondary N) is 1. The second kappa shape index (κ2) is 7.20. The van der Waals surface area contributed by atoms with Crippen LogP contribution in [0, 0.1) is 11.7 Å². The zero-order valence-corrected chi connectivity index (χ0v) is 13.7. The average molecular weight is 349 g/mol. The third-order valence-electron chi connectivity index (χ3n) is 4.21. The number of hydrogen-bond donors (Lipinski definition) is 2. The smallest absolute Gasteiger partial charge is 0.321 e. The number of halogens is 2. The van der Waals surface area contributed by atoms with Crippen molar-refractivity contribution in [1.82, 2.24) is 4.90 Å². The second-order valence-electron chi connectivity index (χ2n) is 5.98. The summed E-state index contributed by atoms with van der Waals surface area (Å²) in [5, 5.41) is 13.0. The van der Waals surface area contributed by atoms with Crippen LogP contribution in [0.2, 0.25) is 5.02 Å². The molecule has 1 aliphatic heterocycles. The molecule has 0 bridgehead atoms. The predicted octanol–water partition coefficient (Wildman–Crippen LogP) is 3.55. The highest BCUT2D eigenvalue weighted by molar-refractivity contribution is 6.33. The summed E-state index contributed by atoms with van der Waals surface area (Å²) in [4.78, 5) is 13.9. The Morgan fingerprint density at radius 3 is 2.71 bits per heavy atom. The summed E-state index contributed by atoms with van der Waals surface area (Å²) < 4.78 is 13.1. The van der Waals surface area contributed by atoms with Crippen molar-refractivity contribution >= 4 is 23.3 Å². The Bertz CT molecular complexity index is 726. The monoisotopic (exact) mass is 348 g/mol. The molecule has 2 amide bonds. The molecule has 1 heterocycles. The zero-order valence-electron chi connectivity index (χ0n) is 13.0. The number of benzene rings is 2. The molecule has 1 fully saturated rings. The van der Waals surface area contributed by atoms with Gasteiger partial charge in [0.15, 0.2) is 0 Å². The van der Waals surface area contributed by atoms with Gasteiger partial charge in [-0.15, -0.1) is 0 Å². The number of β-amino-alcohol motifs (C(OH)–C–C–N with tert-alkyl or cyclic N) is 1. The number of anilines is 1. The third kappa shape index (κ3) is 3.86. The molecule has 0 unspecified atom stereocenters. The van der Waals surface area contributed by atoms with E-state index >= 15 is 0 Å². The summed E-state index contributed by atoms with van der Waals surface area (Å²) in [6.45, 7) is 0.725. The van der Waals surface area contributed by atoms with Crippen LogP contribution in [0.5, 0.6) is 0 Å². The molecule has 2 aromatic carbocycles. The second-order valence-corrected chi connectivity index (χ2v) is 6.38. The van der Waals surface area contributed by atoms with Gasteiger partial charge in [0.25, 0.3) is 0 Å². The van der Waals surface area contributed by atoms with E-state index in [1.165, 1.54) is 12.1 Å². The first-order valence-electron chi connectivity index (χ1n) is 7.76. The Kier molecular flexibility index (Phi) is 5.02. The van der Waals surface area contributed by atoms with Crippen molar-refractivity contribution < 1.29 is 14.3 Å². The lowest BCUT2D eigenvalue weighted by Crippen LogP contribution is -2.33. The fraction of sp³-hybridized carbons (Fsp3) is 0.278. The molecule has 0 saturated carbocycles. The van der Waals surface area contributed by atoms with Crippen molar-refractivity contribution in [2.24, 2.45) is 5.92 Å². The van der Waals surface area contributed by atoms with Crippen molar-refractivity contribution in [3.63, 3.8) is 0 Å². The van der Waals surface area contributed by atoms with E-state index in [1.54, 1.807) is 4.90 Å². The molecule has 6 heteroatoms. The van der Waals surface area contributed by atoms with Gasteiger partial charge in [-0.2, -0.15) is 0 Å². The minimum atomic E-state index is -0.570. The maximum absolute atomic E-state index is 13.1. The normalized spacial score (nSPS) is 20.2. The molecule has 126 valence electrons. The SMILES string of the molecule is O=C(Nc1ccc(F)cc1Cl)N1C[C@@H](Cc2ccccc2)[C@H](O)C1. The lowest BCUT2D eigenvalue weighted by atomic mass is 9.97. The first-order chi connectivity index (χ1) is 11.5. The molecule has 4 nitrogen and oxygen atoms in total. The molecule has 1 aliphatic rings. The number of carbonyl (C=O) groups is 1. The van der Waals surface area contributed by atoms with Gasteiger partial charge >= 0.3 is 6.03 Å². The van der Waals surface area contributed by atoms with Crippen LogP contribution in [-0.4, -0.2) is 35.2 Å². The number of aliphatic hydroxyl groups excluding tert-OH is 1. The van der Waals surface area contributed by atoms with Gasteiger partial charge in [-0.1, -0.05) is 41.9 Å². The van der Waals surface area contributed by atoms with Crippen LogP contribution in [0.25, 0.3) is 0 Å². The Labute approximate surface area is 144 Å². The fourth-order valence-corrected chi connectivity index (χ4v) is 3.14. The molecule has 2 atom stereocenters. The van der Waals surface area contributed by atoms with E-state index in [1.807, 2.05) is 30.3 Å². The summed E-state index contributed by atoms with van der Waals surface area (Å²) in [5.41, 5.74) is 1.48. The molecule has 2 aromatic rings. The molecule has 2 N–H and O–H groups in total. The molecular weight excluding hydrogens is 331 g/mol. The van der Waals surface area contributed by atoms with E-state index in [4.69, 9.17) is 11.6 Å². The molecule has 1 saturated heterocycles. The summed E-state index contributed by atoms with van der Waals surface area (Å²) >= 11 is 5.92. The number of rotatable bonds is 3. The Morgan fingerprint density at radius 2 is 2.00 bits per heavy atom. The van der Waals surface area contributed by atoms with Crippen LogP contribution in [0.15, 0.2) is 48.5 Å². The quantitative estimate of drug-likeness (QED) is 0.891. The molecule has 3 rings (SSSR count). The fourth-order valence-electron chi connectivity index (χ4n) is 2.92. The predicted molar refractivity (Wildman–Crippen MR) is 91.6 cm³/mol. The van der Waals surface area contributed by atoms with Gasteiger partial charge < -0.3 is 15.3 Å². The van der Waals surface area contributed by atoms with Crippen molar-refractivity contribution in [3.8, 4) is 0 Å². The van der Waals surface area contributed by atoms with Gasteiger partial charge in [-0.3, -0.25) is 0 Å². The van der Waals surface area contributed by atoms with E-state index in [-0.39, 0.29) is 23.5 Å². The van der Waals surface area contributed by atoms with E-state index in [0.29, 0.717) is 18.7 Å². The van der Waals surface area contributed by atoms with Crippen LogP contribution in [-0.2, 0) is 6.42 Å². The summed E-state index contributed by atoms with van der Waals surface area (Å²) in [6.07, 6.45) is 0.142. The highest BCUT2D eigenvalue weighted by Gasteiger charge is 2.34. The van der Waals surface area contributed by atoms with Gasteiger partial charge in [-0.05, 0) is 30.2 Å². The number of likely N-dealkylation sites (tertiary alicyclic amines) is 1. The number of aliphatic hydroxyl groups is 1. The molecule has 0 spiro atoms. The van der Waals surface area contributed by atoms with Crippen molar-refractivity contribution in [1.29, 1.82) is 0 Å². The minimum Gasteiger partial charge on any atom is -0.391 e. The van der Waals surface area contributed by atoms with E-state index < -0.39 is 11.9 Å². The zero-order chi connectivity index (χ0) is 17.1. The molecule has 0 aromatic heterocycles. The van der Waals surface area contributed by atoms with Gasteiger partial charge in [-0.25, -0.2) is 9.18 Å². The molecule has 0 radical (unpaired) electrons. The third-order valence-corrected chi connectivity index (χ3v) is 4.52. The standard InChI is InChI=1S/C18H18ClFN2O2/c19-15-9-14(20)6-7-16(15)21-18(24)22-10-13(17(23)11-22)8-12-4-2-1-3-5-12/h1-7,9,13,17,23H,8,10-11H2,(H,21,24)/t13-,17-/m1/s1. The summed E-state index contributed by atoms with van der Waals surface area (Å²) in [6, 6.07) is 13.3. The maximum atomic E-state index is 13.1. The number of nitrogens with zero attached hydrogens (tertiary/aromatic N) is 1. The van der Waals surface area contributed by atoms with Crippen molar-refractivity contribution in [2.75, 3.05) is 18.4 Å². The van der Waals surface area contributed by atoms with E-state index in [0.717, 1.165) is 11.6 Å². The molecule has 0 aliphatic carbocycles. The van der Waals surface area contributed by atoms with Crippen molar-refractivity contribution in [3.05, 3.63) is 64.9 Å². The molecule has 24 heavy (non-hydrogen) atoms. The number of urea groups is 1. The number of amides is 2. The van der Waals surface area contributed by atoms with Gasteiger partial charge in [0.2, 0.25) is 0 Å². The van der Waals surface area contributed by atoms with E-state index in [9.17, 15) is 14.3 Å². The largest absolute Gasteiger partial charge is 0.391 e. The first kappa shape index (κ1) is 16.7. The lowest BCUT2D eigenvalue weighted by Gasteiger charge is -2.17. The van der Waals surface area contributed by atoms with Crippen LogP contribution < -0.4 is 5.32 Å². The Morgan fingerprint density at radius 1 is 1.25 bits per heavy atom. The van der Waals surface area contributed by atoms with Crippen LogP contribution >= 0.6 is 11.6 Å². The van der Waals surface area contributed by atoms with Crippen LogP contribution in [0.4, 0.5) is 14.9 Å². The summed E-state index contributed by atoms with van der Waals surface area (Å²) in [5.74, 6) is -0.473. The Hall–Kier alpha value is -2.11. The van der Waals surface area contributed by atoms with Crippen molar-refractivity contribution in [2.45, 2.75) is 12.5 Å². The lowest BCUT2D eigenvalue weighted by molar-refractivity contribution is 0.143. The Balaban J connectivity index is 1.62. The number of carbonyl (C=O) groups excluding carboxylic acids is 1. The minimum absolute atomic E-state index is 0.0122. The highest BCUT2D eigenvalue weighted by Crippen LogP contribution is 2.25.